The van der Waals surface area contributed by atoms with Crippen LogP contribution >= 0.6 is 0 Å². The minimum Gasteiger partial charge on any atom is -0.493 e. The molecule has 0 atom stereocenters. The average molecular weight is 365 g/mol. The molecular weight excluding hydrogens is 338 g/mol. The van der Waals surface area contributed by atoms with Crippen LogP contribution in [-0.4, -0.2) is 43.8 Å². The predicted molar refractivity (Wildman–Crippen MR) is 107 cm³/mol. The van der Waals surface area contributed by atoms with Crippen molar-refractivity contribution in [2.24, 2.45) is 16.8 Å². The van der Waals surface area contributed by atoms with Crippen LogP contribution in [0.4, 0.5) is 0 Å². The number of nitrogens with two attached hydrogens (primary N) is 1. The first-order valence-corrected chi connectivity index (χ1v) is 9.73. The molecule has 0 unspecified atom stereocenters. The van der Waals surface area contributed by atoms with Gasteiger partial charge in [0.25, 0.3) is 0 Å². The Kier molecular flexibility index (Phi) is 5.70. The van der Waals surface area contributed by atoms with E-state index in [1.165, 1.54) is 11.1 Å². The average Bonchev–Trinajstić information content (AvgIpc) is 3.15. The molecule has 2 aliphatic heterocycles. The van der Waals surface area contributed by atoms with E-state index in [1.54, 1.807) is 5.01 Å². The molecule has 0 aromatic heterocycles. The predicted octanol–water partition coefficient (Wildman–Crippen LogP) is 3.02. The van der Waals surface area contributed by atoms with Crippen molar-refractivity contribution >= 4 is 5.84 Å². The van der Waals surface area contributed by atoms with Crippen LogP contribution in [0, 0.1) is 5.92 Å². The van der Waals surface area contributed by atoms with Gasteiger partial charge in [-0.2, -0.15) is 0 Å². The highest BCUT2D eigenvalue weighted by atomic mass is 16.5. The van der Waals surface area contributed by atoms with E-state index in [2.05, 4.69) is 53.5 Å². The zero-order chi connectivity index (χ0) is 18.5. The lowest BCUT2D eigenvalue weighted by Gasteiger charge is -2.22. The van der Waals surface area contributed by atoms with Gasteiger partial charge in [-0.1, -0.05) is 36.4 Å². The Morgan fingerprint density at radius 3 is 2.30 bits per heavy atom. The SMILES string of the molecule is NN1CCN=C1c1ccc(Cc2ccc(OCC3CCOCC3)cc2)cc1. The quantitative estimate of drug-likeness (QED) is 0.800. The Hall–Kier alpha value is -2.37. The highest BCUT2D eigenvalue weighted by molar-refractivity contribution is 5.99. The molecule has 0 radical (unpaired) electrons. The van der Waals surface area contributed by atoms with E-state index < -0.39 is 0 Å². The van der Waals surface area contributed by atoms with Crippen molar-refractivity contribution in [1.29, 1.82) is 0 Å². The van der Waals surface area contributed by atoms with Crippen molar-refractivity contribution in [3.8, 4) is 5.75 Å². The Morgan fingerprint density at radius 1 is 1.00 bits per heavy atom. The highest BCUT2D eigenvalue weighted by Gasteiger charge is 2.15. The van der Waals surface area contributed by atoms with Gasteiger partial charge >= 0.3 is 0 Å². The van der Waals surface area contributed by atoms with Crippen LogP contribution in [0.15, 0.2) is 53.5 Å². The Bertz CT molecular complexity index is 765. The molecule has 0 amide bonds. The van der Waals surface area contributed by atoms with Gasteiger partial charge < -0.3 is 9.47 Å². The molecule has 0 aliphatic carbocycles. The summed E-state index contributed by atoms with van der Waals surface area (Å²) in [5.74, 6) is 8.39. The lowest BCUT2D eigenvalue weighted by molar-refractivity contribution is 0.0497. The van der Waals surface area contributed by atoms with Gasteiger partial charge in [0.15, 0.2) is 0 Å². The molecule has 2 aromatic carbocycles. The van der Waals surface area contributed by atoms with Crippen LogP contribution in [0.25, 0.3) is 0 Å². The first-order valence-electron chi connectivity index (χ1n) is 9.73. The third kappa shape index (κ3) is 4.67. The fourth-order valence-corrected chi connectivity index (χ4v) is 3.56. The summed E-state index contributed by atoms with van der Waals surface area (Å²) in [5.41, 5.74) is 3.63. The summed E-state index contributed by atoms with van der Waals surface area (Å²) in [4.78, 5) is 4.46. The van der Waals surface area contributed by atoms with Crippen molar-refractivity contribution in [2.75, 3.05) is 32.9 Å². The number of aliphatic imine (C=N–C) groups is 1. The Balaban J connectivity index is 1.31. The number of rotatable bonds is 6. The summed E-state index contributed by atoms with van der Waals surface area (Å²) in [6, 6.07) is 16.9. The molecule has 2 N–H and O–H groups in total. The van der Waals surface area contributed by atoms with E-state index in [1.807, 2.05) is 0 Å². The zero-order valence-electron chi connectivity index (χ0n) is 15.6. The van der Waals surface area contributed by atoms with Gasteiger partial charge in [0.05, 0.1) is 19.7 Å². The van der Waals surface area contributed by atoms with Crippen molar-refractivity contribution in [1.82, 2.24) is 5.01 Å². The van der Waals surface area contributed by atoms with E-state index in [-0.39, 0.29) is 0 Å². The number of benzene rings is 2. The summed E-state index contributed by atoms with van der Waals surface area (Å²) in [5, 5.41) is 1.72. The fourth-order valence-electron chi connectivity index (χ4n) is 3.56. The number of hydrazine groups is 1. The number of nitrogens with zero attached hydrogens (tertiary/aromatic N) is 2. The molecule has 1 fully saturated rings. The standard InChI is InChI=1S/C22H27N3O2/c23-25-12-11-24-22(25)20-5-1-17(2-6-20)15-18-3-7-21(8-4-18)27-16-19-9-13-26-14-10-19/h1-8,19H,9-16,23H2. The van der Waals surface area contributed by atoms with E-state index in [0.29, 0.717) is 5.92 Å². The second kappa shape index (κ2) is 8.55. The molecule has 5 nitrogen and oxygen atoms in total. The van der Waals surface area contributed by atoms with Gasteiger partial charge in [-0.15, -0.1) is 0 Å². The summed E-state index contributed by atoms with van der Waals surface area (Å²) in [6.07, 6.45) is 3.10. The van der Waals surface area contributed by atoms with Crippen molar-refractivity contribution in [3.05, 3.63) is 65.2 Å². The maximum Gasteiger partial charge on any atom is 0.145 e. The molecule has 27 heavy (non-hydrogen) atoms. The first kappa shape index (κ1) is 18.0. The number of hydrogen-bond acceptors (Lipinski definition) is 5. The minimum absolute atomic E-state index is 0.617. The maximum atomic E-state index is 5.95. The highest BCUT2D eigenvalue weighted by Crippen LogP contribution is 2.20. The second-order valence-electron chi connectivity index (χ2n) is 7.28. The number of ether oxygens (including phenoxy) is 2. The molecule has 0 spiro atoms. The normalized spacial score (nSPS) is 17.8. The molecule has 2 aromatic rings. The van der Waals surface area contributed by atoms with Crippen molar-refractivity contribution < 1.29 is 9.47 Å². The van der Waals surface area contributed by atoms with Gasteiger partial charge in [-0.05, 0) is 48.4 Å². The Labute approximate surface area is 160 Å². The molecule has 4 rings (SSSR count). The second-order valence-corrected chi connectivity index (χ2v) is 7.28. The smallest absolute Gasteiger partial charge is 0.145 e. The lowest BCUT2D eigenvalue weighted by atomic mass is 10.0. The van der Waals surface area contributed by atoms with E-state index in [9.17, 15) is 0 Å². The summed E-state index contributed by atoms with van der Waals surface area (Å²) < 4.78 is 11.3. The van der Waals surface area contributed by atoms with Gasteiger partial charge in [0.1, 0.15) is 11.6 Å². The molecule has 142 valence electrons. The molecule has 0 bridgehead atoms. The number of amidine groups is 1. The van der Waals surface area contributed by atoms with Crippen LogP contribution in [0.2, 0.25) is 0 Å². The summed E-state index contributed by atoms with van der Waals surface area (Å²) >= 11 is 0. The first-order chi connectivity index (χ1) is 13.3. The van der Waals surface area contributed by atoms with E-state index in [0.717, 1.165) is 69.3 Å². The summed E-state index contributed by atoms with van der Waals surface area (Å²) in [7, 11) is 0. The zero-order valence-corrected chi connectivity index (χ0v) is 15.6. The third-order valence-corrected chi connectivity index (χ3v) is 5.24. The van der Waals surface area contributed by atoms with Crippen molar-refractivity contribution in [3.63, 3.8) is 0 Å². The van der Waals surface area contributed by atoms with Crippen LogP contribution in [0.1, 0.15) is 29.5 Å². The van der Waals surface area contributed by atoms with Crippen LogP contribution in [0.5, 0.6) is 5.75 Å². The summed E-state index contributed by atoms with van der Waals surface area (Å²) in [6.45, 7) is 4.08. The monoisotopic (exact) mass is 365 g/mol. The van der Waals surface area contributed by atoms with E-state index >= 15 is 0 Å². The van der Waals surface area contributed by atoms with E-state index in [4.69, 9.17) is 15.3 Å². The molecule has 2 aliphatic rings. The molecule has 1 saturated heterocycles. The fraction of sp³-hybridized carbons (Fsp3) is 0.409. The maximum absolute atomic E-state index is 5.95. The van der Waals surface area contributed by atoms with Gasteiger partial charge in [-0.3, -0.25) is 10.0 Å². The minimum atomic E-state index is 0.617. The topological polar surface area (TPSA) is 60.1 Å². The van der Waals surface area contributed by atoms with Crippen molar-refractivity contribution in [2.45, 2.75) is 19.3 Å². The van der Waals surface area contributed by atoms with Gasteiger partial charge in [0.2, 0.25) is 0 Å². The molecule has 5 heteroatoms. The largest absolute Gasteiger partial charge is 0.493 e. The van der Waals surface area contributed by atoms with Crippen LogP contribution in [0.3, 0.4) is 0 Å². The Morgan fingerprint density at radius 2 is 1.67 bits per heavy atom. The van der Waals surface area contributed by atoms with Gasteiger partial charge in [0, 0.05) is 18.8 Å². The molecular formula is C22H27N3O2. The molecule has 2 heterocycles. The molecule has 0 saturated carbocycles. The lowest BCUT2D eigenvalue weighted by Crippen LogP contribution is -2.34. The number of hydrogen-bond donors (Lipinski definition) is 1. The van der Waals surface area contributed by atoms with Crippen LogP contribution < -0.4 is 10.6 Å². The van der Waals surface area contributed by atoms with Crippen LogP contribution in [-0.2, 0) is 11.2 Å². The van der Waals surface area contributed by atoms with Gasteiger partial charge in [-0.25, -0.2) is 5.84 Å². The third-order valence-electron chi connectivity index (χ3n) is 5.24.